The Bertz CT molecular complexity index is 400. The van der Waals surface area contributed by atoms with Crippen LogP contribution in [0.25, 0.3) is 0 Å². The summed E-state index contributed by atoms with van der Waals surface area (Å²) in [5.74, 6) is -0.607. The Morgan fingerprint density at radius 3 is 2.59 bits per heavy atom. The first kappa shape index (κ1) is 13.7. The van der Waals surface area contributed by atoms with E-state index >= 15 is 0 Å². The van der Waals surface area contributed by atoms with Crippen molar-refractivity contribution in [2.24, 2.45) is 0 Å². The molecule has 0 fully saturated rings. The Morgan fingerprint density at radius 2 is 2.06 bits per heavy atom. The zero-order chi connectivity index (χ0) is 12.7. The SMILES string of the molecule is C=CCOC(=O)C([Se]c1ccccc1)C(C)=O. The van der Waals surface area contributed by atoms with E-state index in [1.165, 1.54) is 13.0 Å². The molecule has 0 radical (unpaired) electrons. The molecule has 0 spiro atoms. The number of esters is 1. The van der Waals surface area contributed by atoms with Gasteiger partial charge in [-0.3, -0.25) is 0 Å². The molecule has 0 heterocycles. The number of ether oxygens (including phenoxy) is 1. The molecule has 1 atom stereocenters. The van der Waals surface area contributed by atoms with Crippen molar-refractivity contribution in [2.45, 2.75) is 11.7 Å². The Kier molecular flexibility index (Phi) is 5.67. The van der Waals surface area contributed by atoms with Crippen LogP contribution in [0.4, 0.5) is 0 Å². The van der Waals surface area contributed by atoms with Gasteiger partial charge in [0.1, 0.15) is 0 Å². The van der Waals surface area contributed by atoms with Gasteiger partial charge in [0, 0.05) is 0 Å². The van der Waals surface area contributed by atoms with Crippen LogP contribution in [-0.4, -0.2) is 33.3 Å². The third-order valence-electron chi connectivity index (χ3n) is 1.92. The normalized spacial score (nSPS) is 11.6. The summed E-state index contributed by atoms with van der Waals surface area (Å²) in [4.78, 5) is 22.5. The molecule has 1 aromatic rings. The molecule has 0 saturated heterocycles. The fourth-order valence-electron chi connectivity index (χ4n) is 1.15. The molecule has 17 heavy (non-hydrogen) atoms. The molecule has 0 aliphatic rings. The van der Waals surface area contributed by atoms with Crippen molar-refractivity contribution < 1.29 is 14.3 Å². The van der Waals surface area contributed by atoms with Gasteiger partial charge in [0.25, 0.3) is 0 Å². The fraction of sp³-hybridized carbons (Fsp3) is 0.231. The molecule has 0 bridgehead atoms. The summed E-state index contributed by atoms with van der Waals surface area (Å²) in [5.41, 5.74) is 0. The van der Waals surface area contributed by atoms with Crippen LogP contribution in [0.2, 0.25) is 4.82 Å². The molecular weight excluding hydrogens is 283 g/mol. The molecule has 1 rings (SSSR count). The zero-order valence-corrected chi connectivity index (χ0v) is 11.3. The summed E-state index contributed by atoms with van der Waals surface area (Å²) in [6, 6.07) is 9.51. The average Bonchev–Trinajstić information content (AvgIpc) is 2.34. The van der Waals surface area contributed by atoms with Crippen LogP contribution in [0.1, 0.15) is 6.92 Å². The minimum atomic E-state index is -0.662. The number of carbonyl (C=O) groups is 2. The van der Waals surface area contributed by atoms with Crippen LogP contribution in [0.15, 0.2) is 43.0 Å². The molecule has 0 amide bonds. The van der Waals surface area contributed by atoms with Crippen LogP contribution in [0, 0.1) is 0 Å². The first-order valence-corrected chi connectivity index (χ1v) is 6.99. The van der Waals surface area contributed by atoms with Gasteiger partial charge in [-0.25, -0.2) is 0 Å². The quantitative estimate of drug-likeness (QED) is 0.342. The Balaban J connectivity index is 2.70. The molecule has 0 aliphatic carbocycles. The second kappa shape index (κ2) is 7.04. The molecular formula is C13H14O3Se. The van der Waals surface area contributed by atoms with Crippen LogP contribution in [0.5, 0.6) is 0 Å². The number of benzene rings is 1. The van der Waals surface area contributed by atoms with Crippen molar-refractivity contribution >= 4 is 31.2 Å². The summed E-state index contributed by atoms with van der Waals surface area (Å²) < 4.78 is 5.93. The number of rotatable bonds is 6. The van der Waals surface area contributed by atoms with E-state index in [9.17, 15) is 9.59 Å². The summed E-state index contributed by atoms with van der Waals surface area (Å²) in [5, 5.41) is 0. The Labute approximate surface area is 107 Å². The van der Waals surface area contributed by atoms with Crippen LogP contribution >= 0.6 is 0 Å². The van der Waals surface area contributed by atoms with Gasteiger partial charge in [-0.1, -0.05) is 0 Å². The van der Waals surface area contributed by atoms with Crippen LogP contribution in [0.3, 0.4) is 0 Å². The molecule has 1 aromatic carbocycles. The monoisotopic (exact) mass is 298 g/mol. The summed E-state index contributed by atoms with van der Waals surface area (Å²) >= 11 is -0.231. The van der Waals surface area contributed by atoms with Gasteiger partial charge in [0.2, 0.25) is 0 Å². The summed E-state index contributed by atoms with van der Waals surface area (Å²) in [6.07, 6.45) is 1.49. The average molecular weight is 297 g/mol. The van der Waals surface area contributed by atoms with E-state index in [0.717, 1.165) is 4.46 Å². The van der Waals surface area contributed by atoms with Gasteiger partial charge in [-0.15, -0.1) is 0 Å². The van der Waals surface area contributed by atoms with Crippen LogP contribution in [-0.2, 0) is 14.3 Å². The van der Waals surface area contributed by atoms with Crippen molar-refractivity contribution in [1.82, 2.24) is 0 Å². The molecule has 4 heteroatoms. The third kappa shape index (κ3) is 4.55. The van der Waals surface area contributed by atoms with E-state index in [2.05, 4.69) is 6.58 Å². The fourth-order valence-corrected chi connectivity index (χ4v) is 3.07. The van der Waals surface area contributed by atoms with E-state index in [4.69, 9.17) is 4.74 Å². The number of hydrogen-bond donors (Lipinski definition) is 0. The predicted octanol–water partition coefficient (Wildman–Crippen LogP) is 1.12. The van der Waals surface area contributed by atoms with Gasteiger partial charge in [0.05, 0.1) is 0 Å². The van der Waals surface area contributed by atoms with E-state index in [-0.39, 0.29) is 27.3 Å². The zero-order valence-electron chi connectivity index (χ0n) is 9.59. The van der Waals surface area contributed by atoms with Crippen molar-refractivity contribution in [2.75, 3.05) is 6.61 Å². The second-order valence-corrected chi connectivity index (χ2v) is 5.81. The van der Waals surface area contributed by atoms with E-state index in [0.29, 0.717) is 0 Å². The number of Topliss-reactive ketones (excluding diaryl/α,β-unsaturated/α-hetero) is 1. The predicted molar refractivity (Wildman–Crippen MR) is 67.4 cm³/mol. The first-order valence-electron chi connectivity index (χ1n) is 5.15. The van der Waals surface area contributed by atoms with Crippen LogP contribution < -0.4 is 4.46 Å². The second-order valence-electron chi connectivity index (χ2n) is 3.34. The molecule has 0 N–H and O–H groups in total. The Hall–Kier alpha value is -1.38. The molecule has 0 aromatic heterocycles. The maximum absolute atomic E-state index is 11.7. The maximum atomic E-state index is 11.7. The van der Waals surface area contributed by atoms with E-state index in [1.807, 2.05) is 30.3 Å². The van der Waals surface area contributed by atoms with Gasteiger partial charge in [0.15, 0.2) is 0 Å². The topological polar surface area (TPSA) is 43.4 Å². The first-order chi connectivity index (χ1) is 8.15. The van der Waals surface area contributed by atoms with Crippen molar-refractivity contribution in [3.8, 4) is 0 Å². The molecule has 0 aliphatic heterocycles. The summed E-state index contributed by atoms with van der Waals surface area (Å²) in [6.45, 7) is 5.03. The summed E-state index contributed by atoms with van der Waals surface area (Å²) in [7, 11) is 0. The van der Waals surface area contributed by atoms with Gasteiger partial charge in [-0.2, -0.15) is 0 Å². The van der Waals surface area contributed by atoms with Crippen molar-refractivity contribution in [1.29, 1.82) is 0 Å². The standard InChI is InChI=1S/C13H14O3Se/c1-3-9-16-13(15)12(10(2)14)17-11-7-5-4-6-8-11/h3-8,12H,1,9H2,2H3. The van der Waals surface area contributed by atoms with Gasteiger partial charge < -0.3 is 0 Å². The Morgan fingerprint density at radius 1 is 1.41 bits per heavy atom. The third-order valence-corrected chi connectivity index (χ3v) is 4.66. The van der Waals surface area contributed by atoms with Crippen molar-refractivity contribution in [3.63, 3.8) is 0 Å². The molecule has 3 nitrogen and oxygen atoms in total. The number of ketones is 1. The van der Waals surface area contributed by atoms with Crippen molar-refractivity contribution in [3.05, 3.63) is 43.0 Å². The van der Waals surface area contributed by atoms with Gasteiger partial charge >= 0.3 is 107 Å². The molecule has 90 valence electrons. The number of hydrogen-bond acceptors (Lipinski definition) is 3. The molecule has 0 saturated carbocycles. The minimum absolute atomic E-state index is 0.146. The van der Waals surface area contributed by atoms with Gasteiger partial charge in [-0.05, 0) is 0 Å². The van der Waals surface area contributed by atoms with E-state index < -0.39 is 10.8 Å². The van der Waals surface area contributed by atoms with E-state index in [1.54, 1.807) is 0 Å². The number of carbonyl (C=O) groups excluding carboxylic acids is 2. The molecule has 1 unspecified atom stereocenters.